The fourth-order valence-electron chi connectivity index (χ4n) is 1.97. The fourth-order valence-corrected chi connectivity index (χ4v) is 2.72. The highest BCUT2D eigenvalue weighted by Gasteiger charge is 2.13. The van der Waals surface area contributed by atoms with Crippen molar-refractivity contribution in [2.24, 2.45) is 10.2 Å². The summed E-state index contributed by atoms with van der Waals surface area (Å²) in [5, 5.41) is 18.3. The molecular weight excluding hydrogens is 348 g/mol. The normalized spacial score (nSPS) is 11.2. The lowest BCUT2D eigenvalue weighted by molar-refractivity contribution is 0.414. The molecule has 8 nitrogen and oxygen atoms in total. The monoisotopic (exact) mass is 360 g/mol. The molecule has 0 unspecified atom stereocenters. The largest absolute Gasteiger partial charge is 0.493 e. The summed E-state index contributed by atoms with van der Waals surface area (Å²) >= 11 is 6.17. The van der Waals surface area contributed by atoms with Crippen molar-refractivity contribution >= 4 is 34.6 Å². The molecule has 1 aromatic carbocycles. The van der Waals surface area contributed by atoms with Gasteiger partial charge in [-0.25, -0.2) is 4.98 Å². The van der Waals surface area contributed by atoms with E-state index in [2.05, 4.69) is 24.6 Å². The van der Waals surface area contributed by atoms with Gasteiger partial charge in [0.05, 0.1) is 6.54 Å². The predicted molar refractivity (Wildman–Crippen MR) is 91.9 cm³/mol. The molecule has 0 saturated heterocycles. The number of aromatic nitrogens is 4. The Balaban J connectivity index is 2.01. The summed E-state index contributed by atoms with van der Waals surface area (Å²) in [7, 11) is 0. The Bertz CT molecular complexity index is 1010. The first kappa shape index (κ1) is 16.1. The second-order valence-electron chi connectivity index (χ2n) is 4.83. The van der Waals surface area contributed by atoms with Crippen LogP contribution in [0.5, 0.6) is 5.88 Å². The summed E-state index contributed by atoms with van der Waals surface area (Å²) in [6.07, 6.45) is 0. The Kier molecular flexibility index (Phi) is 4.58. The number of azo groups is 1. The lowest BCUT2D eigenvalue weighted by atomic mass is 10.2. The van der Waals surface area contributed by atoms with E-state index in [0.717, 1.165) is 17.1 Å². The molecule has 3 aromatic rings. The van der Waals surface area contributed by atoms with Gasteiger partial charge >= 0.3 is 0 Å². The van der Waals surface area contributed by atoms with Gasteiger partial charge in [-0.05, 0) is 24.7 Å². The summed E-state index contributed by atoms with van der Waals surface area (Å²) in [6.45, 7) is 2.02. The summed E-state index contributed by atoms with van der Waals surface area (Å²) in [5.74, 6) is 0.213. The van der Waals surface area contributed by atoms with Crippen molar-refractivity contribution in [2.75, 3.05) is 0 Å². The van der Waals surface area contributed by atoms with E-state index in [9.17, 15) is 9.90 Å². The van der Waals surface area contributed by atoms with Crippen molar-refractivity contribution in [1.82, 2.24) is 18.9 Å². The number of H-pyrrole nitrogens is 1. The molecule has 2 aromatic heterocycles. The Labute approximate surface area is 145 Å². The molecule has 0 radical (unpaired) electrons. The number of nitrogens with one attached hydrogen (secondary N) is 1. The third-order valence-corrected chi connectivity index (χ3v) is 4.10. The molecule has 0 aliphatic heterocycles. The minimum Gasteiger partial charge on any atom is -0.493 e. The van der Waals surface area contributed by atoms with Crippen molar-refractivity contribution in [1.29, 1.82) is 0 Å². The number of aromatic hydroxyl groups is 1. The SMILES string of the molecule is Cc1nsc(N=Nc2c(O)n(Cc3ccccc3)c(=S)[nH]c2=O)n1. The lowest BCUT2D eigenvalue weighted by Gasteiger charge is -2.10. The van der Waals surface area contributed by atoms with Crippen LogP contribution in [0.4, 0.5) is 10.8 Å². The standard InChI is InChI=1S/C14H12N6O2S2/c1-8-15-13(24-19-8)18-17-10-11(21)16-14(23)20(12(10)22)7-9-5-3-2-4-6-9/h2-6,22H,7H2,1H3,(H,16,21,23). The number of aromatic amines is 1. The molecule has 0 spiro atoms. The average molecular weight is 360 g/mol. The van der Waals surface area contributed by atoms with Crippen LogP contribution in [0.2, 0.25) is 0 Å². The molecule has 122 valence electrons. The number of nitrogens with zero attached hydrogens (tertiary/aromatic N) is 5. The van der Waals surface area contributed by atoms with Gasteiger partial charge < -0.3 is 5.11 Å². The fraction of sp³-hybridized carbons (Fsp3) is 0.143. The number of aryl methyl sites for hydroxylation is 1. The van der Waals surface area contributed by atoms with E-state index in [4.69, 9.17) is 12.2 Å². The highest BCUT2D eigenvalue weighted by atomic mass is 32.1. The van der Waals surface area contributed by atoms with Crippen LogP contribution in [0.15, 0.2) is 45.4 Å². The Morgan fingerprint density at radius 2 is 2.08 bits per heavy atom. The van der Waals surface area contributed by atoms with Gasteiger partial charge in [-0.3, -0.25) is 14.3 Å². The molecule has 0 fully saturated rings. The minimum atomic E-state index is -0.619. The second kappa shape index (κ2) is 6.81. The van der Waals surface area contributed by atoms with E-state index in [1.54, 1.807) is 6.92 Å². The first-order valence-electron chi connectivity index (χ1n) is 6.86. The van der Waals surface area contributed by atoms with E-state index >= 15 is 0 Å². The Morgan fingerprint density at radius 3 is 2.75 bits per heavy atom. The van der Waals surface area contributed by atoms with Crippen LogP contribution < -0.4 is 5.56 Å². The average Bonchev–Trinajstić information content (AvgIpc) is 2.97. The van der Waals surface area contributed by atoms with Crippen LogP contribution in [0.1, 0.15) is 11.4 Å². The summed E-state index contributed by atoms with van der Waals surface area (Å²) in [4.78, 5) is 18.5. The molecule has 3 rings (SSSR count). The van der Waals surface area contributed by atoms with E-state index < -0.39 is 5.56 Å². The van der Waals surface area contributed by atoms with Crippen LogP contribution in [-0.4, -0.2) is 24.0 Å². The van der Waals surface area contributed by atoms with Gasteiger partial charge in [0, 0.05) is 11.5 Å². The molecule has 24 heavy (non-hydrogen) atoms. The van der Waals surface area contributed by atoms with E-state index in [-0.39, 0.29) is 16.3 Å². The molecular formula is C14H12N6O2S2. The van der Waals surface area contributed by atoms with E-state index in [0.29, 0.717) is 17.5 Å². The second-order valence-corrected chi connectivity index (χ2v) is 5.94. The highest BCUT2D eigenvalue weighted by molar-refractivity contribution is 7.71. The van der Waals surface area contributed by atoms with Crippen molar-refractivity contribution in [3.8, 4) is 5.88 Å². The molecule has 0 saturated carbocycles. The number of hydrogen-bond acceptors (Lipinski definition) is 8. The predicted octanol–water partition coefficient (Wildman–Crippen LogP) is 3.24. The molecule has 0 amide bonds. The molecule has 2 heterocycles. The van der Waals surface area contributed by atoms with Gasteiger partial charge in [0.15, 0.2) is 4.77 Å². The van der Waals surface area contributed by atoms with Gasteiger partial charge in [-0.15, -0.1) is 10.2 Å². The number of benzene rings is 1. The smallest absolute Gasteiger partial charge is 0.283 e. The zero-order chi connectivity index (χ0) is 17.1. The van der Waals surface area contributed by atoms with Crippen molar-refractivity contribution < 1.29 is 5.11 Å². The van der Waals surface area contributed by atoms with E-state index in [1.807, 2.05) is 30.3 Å². The molecule has 0 bridgehead atoms. The zero-order valence-electron chi connectivity index (χ0n) is 12.5. The number of hydrogen-bond donors (Lipinski definition) is 2. The van der Waals surface area contributed by atoms with Crippen LogP contribution in [0, 0.1) is 11.7 Å². The van der Waals surface area contributed by atoms with Gasteiger partial charge in [0.2, 0.25) is 16.7 Å². The summed E-state index contributed by atoms with van der Waals surface area (Å²) in [5.41, 5.74) is 0.0674. The lowest BCUT2D eigenvalue weighted by Crippen LogP contribution is -2.14. The zero-order valence-corrected chi connectivity index (χ0v) is 14.1. The van der Waals surface area contributed by atoms with Crippen LogP contribution >= 0.6 is 23.8 Å². The van der Waals surface area contributed by atoms with E-state index in [1.165, 1.54) is 4.57 Å². The topological polar surface area (TPSA) is 109 Å². The maximum absolute atomic E-state index is 12.0. The Hall–Kier alpha value is -2.72. The van der Waals surface area contributed by atoms with Crippen LogP contribution in [0.25, 0.3) is 0 Å². The van der Waals surface area contributed by atoms with Crippen LogP contribution in [-0.2, 0) is 6.54 Å². The third kappa shape index (κ3) is 3.44. The summed E-state index contributed by atoms with van der Waals surface area (Å²) in [6, 6.07) is 9.41. The molecule has 10 heteroatoms. The third-order valence-electron chi connectivity index (χ3n) is 3.08. The Morgan fingerprint density at radius 1 is 1.33 bits per heavy atom. The highest BCUT2D eigenvalue weighted by Crippen LogP contribution is 2.25. The van der Waals surface area contributed by atoms with Crippen molar-refractivity contribution in [3.05, 3.63) is 56.8 Å². The van der Waals surface area contributed by atoms with Crippen molar-refractivity contribution in [3.63, 3.8) is 0 Å². The van der Waals surface area contributed by atoms with Gasteiger partial charge in [0.1, 0.15) is 5.82 Å². The van der Waals surface area contributed by atoms with Crippen molar-refractivity contribution in [2.45, 2.75) is 13.5 Å². The molecule has 0 aliphatic rings. The maximum atomic E-state index is 12.0. The molecule has 2 N–H and O–H groups in total. The first-order chi connectivity index (χ1) is 11.5. The van der Waals surface area contributed by atoms with Crippen LogP contribution in [0.3, 0.4) is 0 Å². The maximum Gasteiger partial charge on any atom is 0.283 e. The molecule has 0 atom stereocenters. The van der Waals surface area contributed by atoms with Gasteiger partial charge in [-0.2, -0.15) is 4.37 Å². The van der Waals surface area contributed by atoms with Gasteiger partial charge in [0.25, 0.3) is 5.56 Å². The first-order valence-corrected chi connectivity index (χ1v) is 8.05. The quantitative estimate of drug-likeness (QED) is 0.548. The molecule has 0 aliphatic carbocycles. The van der Waals surface area contributed by atoms with Gasteiger partial charge in [-0.1, -0.05) is 30.3 Å². The number of rotatable bonds is 4. The minimum absolute atomic E-state index is 0.104. The summed E-state index contributed by atoms with van der Waals surface area (Å²) < 4.78 is 5.45.